The Hall–Kier alpha value is -1.03. The van der Waals surface area contributed by atoms with E-state index in [1.807, 2.05) is 0 Å². The Morgan fingerprint density at radius 2 is 2.31 bits per heavy atom. The van der Waals surface area contributed by atoms with Crippen molar-refractivity contribution in [2.75, 3.05) is 7.11 Å². The predicted molar refractivity (Wildman–Crippen MR) is 49.4 cm³/mol. The van der Waals surface area contributed by atoms with Gasteiger partial charge in [0.25, 0.3) is 0 Å². The maximum atomic E-state index is 10.4. The van der Waals surface area contributed by atoms with Crippen molar-refractivity contribution in [2.45, 2.75) is 6.42 Å². The Morgan fingerprint density at radius 3 is 2.85 bits per heavy atom. The number of methoxy groups -OCH3 is 1. The number of carboxylic acid groups (broad SMARTS) is 1. The quantitative estimate of drug-likeness (QED) is 0.788. The Bertz CT molecular complexity index is 323. The SMILES string of the molecule is COc1ccc(Br)cc1CC(=O)[O-]. The summed E-state index contributed by atoms with van der Waals surface area (Å²) in [6, 6.07) is 5.20. The van der Waals surface area contributed by atoms with E-state index in [0.717, 1.165) is 4.47 Å². The Kier molecular flexibility index (Phi) is 3.31. The van der Waals surface area contributed by atoms with E-state index in [0.29, 0.717) is 11.3 Å². The number of carbonyl (C=O) groups is 1. The van der Waals surface area contributed by atoms with Crippen molar-refractivity contribution in [3.05, 3.63) is 28.2 Å². The van der Waals surface area contributed by atoms with Gasteiger partial charge in [-0.25, -0.2) is 0 Å². The molecule has 0 atom stereocenters. The zero-order valence-corrected chi connectivity index (χ0v) is 8.63. The van der Waals surface area contributed by atoms with Gasteiger partial charge in [-0.2, -0.15) is 0 Å². The van der Waals surface area contributed by atoms with Crippen LogP contribution in [-0.4, -0.2) is 13.1 Å². The summed E-state index contributed by atoms with van der Waals surface area (Å²) in [6.45, 7) is 0. The van der Waals surface area contributed by atoms with E-state index in [9.17, 15) is 9.90 Å². The third-order valence-electron chi connectivity index (χ3n) is 1.58. The molecule has 0 spiro atoms. The van der Waals surface area contributed by atoms with Crippen molar-refractivity contribution in [3.8, 4) is 5.75 Å². The molecule has 0 heterocycles. The maximum absolute atomic E-state index is 10.4. The van der Waals surface area contributed by atoms with Gasteiger partial charge in [0.1, 0.15) is 5.75 Å². The summed E-state index contributed by atoms with van der Waals surface area (Å²) >= 11 is 3.25. The lowest BCUT2D eigenvalue weighted by Gasteiger charge is -2.08. The van der Waals surface area contributed by atoms with Crippen LogP contribution in [0.4, 0.5) is 0 Å². The monoisotopic (exact) mass is 243 g/mol. The fourth-order valence-electron chi connectivity index (χ4n) is 1.04. The van der Waals surface area contributed by atoms with Crippen LogP contribution in [0.5, 0.6) is 5.75 Å². The molecule has 1 rings (SSSR count). The Labute approximate surface area is 84.5 Å². The van der Waals surface area contributed by atoms with E-state index in [2.05, 4.69) is 15.9 Å². The van der Waals surface area contributed by atoms with Crippen LogP contribution in [0.2, 0.25) is 0 Å². The molecule has 1 aromatic rings. The number of ether oxygens (including phenoxy) is 1. The number of hydrogen-bond donors (Lipinski definition) is 0. The van der Waals surface area contributed by atoms with Crippen molar-refractivity contribution >= 4 is 21.9 Å². The van der Waals surface area contributed by atoms with E-state index in [4.69, 9.17) is 4.74 Å². The normalized spacial score (nSPS) is 9.69. The third kappa shape index (κ3) is 2.73. The summed E-state index contributed by atoms with van der Waals surface area (Å²) < 4.78 is 5.81. The van der Waals surface area contributed by atoms with Gasteiger partial charge in [-0.15, -0.1) is 0 Å². The highest BCUT2D eigenvalue weighted by Crippen LogP contribution is 2.22. The number of halogens is 1. The number of carbonyl (C=O) groups excluding carboxylic acids is 1. The largest absolute Gasteiger partial charge is 0.550 e. The van der Waals surface area contributed by atoms with Gasteiger partial charge >= 0.3 is 0 Å². The van der Waals surface area contributed by atoms with E-state index in [-0.39, 0.29) is 6.42 Å². The maximum Gasteiger partial charge on any atom is 0.122 e. The van der Waals surface area contributed by atoms with Crippen molar-refractivity contribution in [1.29, 1.82) is 0 Å². The first kappa shape index (κ1) is 10.1. The highest BCUT2D eigenvalue weighted by atomic mass is 79.9. The van der Waals surface area contributed by atoms with Crippen LogP contribution >= 0.6 is 15.9 Å². The van der Waals surface area contributed by atoms with Crippen LogP contribution in [0.1, 0.15) is 5.56 Å². The highest BCUT2D eigenvalue weighted by Gasteiger charge is 2.03. The molecule has 3 nitrogen and oxygen atoms in total. The first-order valence-electron chi connectivity index (χ1n) is 3.65. The minimum Gasteiger partial charge on any atom is -0.550 e. The minimum absolute atomic E-state index is 0.136. The lowest BCUT2D eigenvalue weighted by molar-refractivity contribution is -0.304. The van der Waals surface area contributed by atoms with E-state index in [1.54, 1.807) is 18.2 Å². The first-order valence-corrected chi connectivity index (χ1v) is 4.45. The van der Waals surface area contributed by atoms with Crippen LogP contribution in [0.25, 0.3) is 0 Å². The fourth-order valence-corrected chi connectivity index (χ4v) is 1.45. The van der Waals surface area contributed by atoms with Crippen molar-refractivity contribution in [1.82, 2.24) is 0 Å². The molecule has 0 saturated carbocycles. The van der Waals surface area contributed by atoms with Gasteiger partial charge in [-0.3, -0.25) is 0 Å². The number of carboxylic acids is 1. The smallest absolute Gasteiger partial charge is 0.122 e. The second-order valence-corrected chi connectivity index (χ2v) is 3.42. The van der Waals surface area contributed by atoms with Gasteiger partial charge < -0.3 is 14.6 Å². The number of hydrogen-bond acceptors (Lipinski definition) is 3. The lowest BCUT2D eigenvalue weighted by atomic mass is 10.1. The zero-order chi connectivity index (χ0) is 9.84. The zero-order valence-electron chi connectivity index (χ0n) is 7.04. The second kappa shape index (κ2) is 4.28. The molecule has 0 saturated heterocycles. The van der Waals surface area contributed by atoms with Crippen LogP contribution in [-0.2, 0) is 11.2 Å². The molecule has 0 aliphatic carbocycles. The van der Waals surface area contributed by atoms with Crippen molar-refractivity contribution in [3.63, 3.8) is 0 Å². The third-order valence-corrected chi connectivity index (χ3v) is 2.07. The molecule has 0 radical (unpaired) electrons. The number of aliphatic carboxylic acids is 1. The van der Waals surface area contributed by atoms with Gasteiger partial charge in [0.15, 0.2) is 0 Å². The molecule has 13 heavy (non-hydrogen) atoms. The molecule has 0 N–H and O–H groups in total. The summed E-state index contributed by atoms with van der Waals surface area (Å²) in [4.78, 5) is 10.4. The van der Waals surface area contributed by atoms with Gasteiger partial charge in [-0.05, 0) is 18.2 Å². The standard InChI is InChI=1S/C9H9BrO3/c1-13-8-3-2-7(10)4-6(8)5-9(11)12/h2-4H,5H2,1H3,(H,11,12)/p-1. The van der Waals surface area contributed by atoms with Gasteiger partial charge in [-0.1, -0.05) is 15.9 Å². The summed E-state index contributed by atoms with van der Waals surface area (Å²) in [5.74, 6) is -0.552. The van der Waals surface area contributed by atoms with Crippen molar-refractivity contribution < 1.29 is 14.6 Å². The summed E-state index contributed by atoms with van der Waals surface area (Å²) in [6.07, 6.45) is -0.136. The average Bonchev–Trinajstić information content (AvgIpc) is 2.03. The first-order chi connectivity index (χ1) is 6.13. The van der Waals surface area contributed by atoms with E-state index < -0.39 is 5.97 Å². The summed E-state index contributed by atoms with van der Waals surface area (Å²) in [5.41, 5.74) is 0.608. The number of rotatable bonds is 3. The molecule has 4 heteroatoms. The Balaban J connectivity index is 3.01. The Morgan fingerprint density at radius 1 is 1.62 bits per heavy atom. The molecular formula is C9H8BrO3-. The average molecular weight is 244 g/mol. The van der Waals surface area contributed by atoms with Gasteiger partial charge in [0.05, 0.1) is 7.11 Å². The molecule has 0 unspecified atom stereocenters. The molecule has 0 aromatic heterocycles. The van der Waals surface area contributed by atoms with Crippen LogP contribution in [0, 0.1) is 0 Å². The van der Waals surface area contributed by atoms with Crippen LogP contribution < -0.4 is 9.84 Å². The van der Waals surface area contributed by atoms with Gasteiger partial charge in [0.2, 0.25) is 0 Å². The van der Waals surface area contributed by atoms with Crippen LogP contribution in [0.3, 0.4) is 0 Å². The molecule has 70 valence electrons. The van der Waals surface area contributed by atoms with Gasteiger partial charge in [0, 0.05) is 22.4 Å². The summed E-state index contributed by atoms with van der Waals surface area (Å²) in [5, 5.41) is 10.4. The van der Waals surface area contributed by atoms with Crippen molar-refractivity contribution in [2.24, 2.45) is 0 Å². The van der Waals surface area contributed by atoms with E-state index >= 15 is 0 Å². The molecule has 0 fully saturated rings. The number of benzene rings is 1. The molecule has 0 aliphatic heterocycles. The molecule has 0 amide bonds. The molecule has 0 bridgehead atoms. The molecular weight excluding hydrogens is 236 g/mol. The van der Waals surface area contributed by atoms with Crippen LogP contribution in [0.15, 0.2) is 22.7 Å². The minimum atomic E-state index is -1.11. The predicted octanol–water partition coefficient (Wildman–Crippen LogP) is 0.750. The summed E-state index contributed by atoms with van der Waals surface area (Å²) in [7, 11) is 1.50. The highest BCUT2D eigenvalue weighted by molar-refractivity contribution is 9.10. The topological polar surface area (TPSA) is 49.4 Å². The molecule has 0 aliphatic rings. The fraction of sp³-hybridized carbons (Fsp3) is 0.222. The van der Waals surface area contributed by atoms with E-state index in [1.165, 1.54) is 7.11 Å². The lowest BCUT2D eigenvalue weighted by Crippen LogP contribution is -2.24. The molecule has 1 aromatic carbocycles. The second-order valence-electron chi connectivity index (χ2n) is 2.50.